The summed E-state index contributed by atoms with van der Waals surface area (Å²) in [7, 11) is 1.38. The number of thiophene rings is 1. The van der Waals surface area contributed by atoms with Crippen molar-refractivity contribution < 1.29 is 9.53 Å². The van der Waals surface area contributed by atoms with Crippen molar-refractivity contribution in [1.29, 1.82) is 0 Å². The van der Waals surface area contributed by atoms with Crippen LogP contribution in [0.1, 0.15) is 41.4 Å². The molecule has 2 aromatic heterocycles. The maximum absolute atomic E-state index is 13.1. The summed E-state index contributed by atoms with van der Waals surface area (Å²) in [6.45, 7) is 4.25. The highest BCUT2D eigenvalue weighted by atomic mass is 32.1. The molecule has 1 aliphatic heterocycles. The summed E-state index contributed by atoms with van der Waals surface area (Å²) >= 11 is 1.62. The Bertz CT molecular complexity index is 958. The van der Waals surface area contributed by atoms with E-state index in [9.17, 15) is 14.4 Å². The summed E-state index contributed by atoms with van der Waals surface area (Å²) in [5.74, 6) is -0.416. The molecule has 0 aromatic carbocycles. The number of ether oxygens (including phenoxy) is 1. The summed E-state index contributed by atoms with van der Waals surface area (Å²) < 4.78 is 8.00. The second-order valence-corrected chi connectivity index (χ2v) is 8.40. The molecule has 9 heteroatoms. The Hall–Kier alpha value is -2.23. The van der Waals surface area contributed by atoms with Crippen molar-refractivity contribution in [2.75, 3.05) is 25.4 Å². The van der Waals surface area contributed by atoms with Gasteiger partial charge in [0.2, 0.25) is 0 Å². The molecule has 0 amide bonds. The third kappa shape index (κ3) is 4.85. The van der Waals surface area contributed by atoms with E-state index in [-0.39, 0.29) is 29.8 Å². The number of nitrogens with two attached hydrogens (primary N) is 1. The van der Waals surface area contributed by atoms with Crippen molar-refractivity contribution in [2.45, 2.75) is 45.4 Å². The van der Waals surface area contributed by atoms with Crippen molar-refractivity contribution in [1.82, 2.24) is 14.0 Å². The molecular formula is C20H28N4O4S. The number of nitrogens with zero attached hydrogens (tertiary/aromatic N) is 3. The average molecular weight is 421 g/mol. The van der Waals surface area contributed by atoms with E-state index < -0.39 is 11.2 Å². The lowest BCUT2D eigenvalue weighted by atomic mass is 10.1. The van der Waals surface area contributed by atoms with Crippen molar-refractivity contribution >= 4 is 22.9 Å². The smallest absolute Gasteiger partial charge is 0.332 e. The third-order valence-electron chi connectivity index (χ3n) is 5.12. The fourth-order valence-electron chi connectivity index (χ4n) is 3.65. The molecule has 1 fully saturated rings. The van der Waals surface area contributed by atoms with Crippen LogP contribution in [-0.2, 0) is 24.9 Å². The maximum atomic E-state index is 13.1. The predicted molar refractivity (Wildman–Crippen MR) is 114 cm³/mol. The van der Waals surface area contributed by atoms with Gasteiger partial charge < -0.3 is 10.5 Å². The van der Waals surface area contributed by atoms with E-state index >= 15 is 0 Å². The van der Waals surface area contributed by atoms with Gasteiger partial charge in [-0.3, -0.25) is 23.6 Å². The van der Waals surface area contributed by atoms with Crippen LogP contribution in [0, 0.1) is 0 Å². The number of hydrogen-bond acceptors (Lipinski definition) is 7. The van der Waals surface area contributed by atoms with E-state index in [0.717, 1.165) is 28.9 Å². The Labute approximate surface area is 173 Å². The number of aromatic nitrogens is 2. The minimum absolute atomic E-state index is 0.0432. The van der Waals surface area contributed by atoms with Gasteiger partial charge in [-0.05, 0) is 30.7 Å². The van der Waals surface area contributed by atoms with Gasteiger partial charge in [-0.15, -0.1) is 11.3 Å². The van der Waals surface area contributed by atoms with Gasteiger partial charge in [0.15, 0.2) is 5.78 Å². The van der Waals surface area contributed by atoms with Gasteiger partial charge in [-0.25, -0.2) is 4.79 Å². The van der Waals surface area contributed by atoms with E-state index in [1.165, 1.54) is 11.6 Å². The fraction of sp³-hybridized carbons (Fsp3) is 0.550. The number of Topliss-reactive ketones (excluding diaryl/α,β-unsaturated/α-hetero) is 1. The first-order valence-electron chi connectivity index (χ1n) is 9.91. The van der Waals surface area contributed by atoms with Crippen molar-refractivity contribution in [3.05, 3.63) is 48.8 Å². The fourth-order valence-corrected chi connectivity index (χ4v) is 4.40. The SMILES string of the molecule is CCCn1c(N)c(C(=O)CN(Cc2cccs2)C[C@H]2CCCO2)c(=O)n(C)c1=O. The lowest BCUT2D eigenvalue weighted by Crippen LogP contribution is -2.44. The highest BCUT2D eigenvalue weighted by Crippen LogP contribution is 2.18. The van der Waals surface area contributed by atoms with Gasteiger partial charge in [0.25, 0.3) is 5.56 Å². The number of nitrogen functional groups attached to an aromatic ring is 1. The standard InChI is InChI=1S/C20H28N4O4S/c1-3-8-24-18(21)17(19(26)22(2)20(24)27)16(25)13-23(11-14-6-4-9-28-14)12-15-7-5-10-29-15/h5,7,10,14H,3-4,6,8-9,11-13,21H2,1-2H3/t14-/m1/s1. The van der Waals surface area contributed by atoms with Gasteiger partial charge in [0.1, 0.15) is 11.4 Å². The van der Waals surface area contributed by atoms with E-state index in [1.807, 2.05) is 29.3 Å². The Morgan fingerprint density at radius 1 is 1.41 bits per heavy atom. The molecule has 1 aliphatic rings. The molecule has 0 unspecified atom stereocenters. The first-order valence-corrected chi connectivity index (χ1v) is 10.8. The zero-order valence-electron chi connectivity index (χ0n) is 16.9. The van der Waals surface area contributed by atoms with Crippen molar-refractivity contribution in [3.63, 3.8) is 0 Å². The van der Waals surface area contributed by atoms with Crippen LogP contribution in [0.25, 0.3) is 0 Å². The zero-order chi connectivity index (χ0) is 21.0. The monoisotopic (exact) mass is 420 g/mol. The molecule has 3 rings (SSSR count). The van der Waals surface area contributed by atoms with Gasteiger partial charge in [0, 0.05) is 38.2 Å². The lowest BCUT2D eigenvalue weighted by molar-refractivity contribution is 0.0652. The lowest BCUT2D eigenvalue weighted by Gasteiger charge is -2.24. The molecular weight excluding hydrogens is 392 g/mol. The summed E-state index contributed by atoms with van der Waals surface area (Å²) in [6.07, 6.45) is 2.72. The molecule has 1 atom stereocenters. The van der Waals surface area contributed by atoms with Crippen LogP contribution < -0.4 is 17.0 Å². The van der Waals surface area contributed by atoms with E-state index in [2.05, 4.69) is 0 Å². The normalized spacial score (nSPS) is 16.6. The molecule has 8 nitrogen and oxygen atoms in total. The molecule has 29 heavy (non-hydrogen) atoms. The predicted octanol–water partition coefficient (Wildman–Crippen LogP) is 1.46. The minimum atomic E-state index is -0.641. The second kappa shape index (κ2) is 9.51. The highest BCUT2D eigenvalue weighted by Gasteiger charge is 2.26. The van der Waals surface area contributed by atoms with Crippen LogP contribution in [0.4, 0.5) is 5.82 Å². The van der Waals surface area contributed by atoms with E-state index in [0.29, 0.717) is 26.1 Å². The van der Waals surface area contributed by atoms with Crippen LogP contribution in [0.2, 0.25) is 0 Å². The van der Waals surface area contributed by atoms with Gasteiger partial charge in [-0.2, -0.15) is 0 Å². The Balaban J connectivity index is 1.88. The number of carbonyl (C=O) groups is 1. The number of ketones is 1. The molecule has 158 valence electrons. The van der Waals surface area contributed by atoms with Crippen molar-refractivity contribution in [2.24, 2.45) is 7.05 Å². The molecule has 2 N–H and O–H groups in total. The van der Waals surface area contributed by atoms with Crippen LogP contribution in [0.5, 0.6) is 0 Å². The molecule has 0 spiro atoms. The Morgan fingerprint density at radius 2 is 2.21 bits per heavy atom. The van der Waals surface area contributed by atoms with Gasteiger partial charge in [0.05, 0.1) is 12.6 Å². The van der Waals surface area contributed by atoms with Gasteiger partial charge >= 0.3 is 5.69 Å². The second-order valence-electron chi connectivity index (χ2n) is 7.37. The Kier molecular flexibility index (Phi) is 7.05. The summed E-state index contributed by atoms with van der Waals surface area (Å²) in [5.41, 5.74) is 4.86. The number of carbonyl (C=O) groups excluding carboxylic acids is 1. The quantitative estimate of drug-likeness (QED) is 0.617. The molecule has 3 heterocycles. The molecule has 0 radical (unpaired) electrons. The number of anilines is 1. The average Bonchev–Trinajstić information content (AvgIpc) is 3.38. The first-order chi connectivity index (χ1) is 13.9. The Morgan fingerprint density at radius 3 is 2.83 bits per heavy atom. The highest BCUT2D eigenvalue weighted by molar-refractivity contribution is 7.09. The molecule has 0 saturated carbocycles. The van der Waals surface area contributed by atoms with Crippen LogP contribution in [-0.4, -0.2) is 45.6 Å². The molecule has 0 bridgehead atoms. The first kappa shape index (κ1) is 21.5. The molecule has 1 saturated heterocycles. The maximum Gasteiger partial charge on any atom is 0.332 e. The third-order valence-corrected chi connectivity index (χ3v) is 5.98. The summed E-state index contributed by atoms with van der Waals surface area (Å²) in [5, 5.41) is 2.00. The molecule has 0 aliphatic carbocycles. The zero-order valence-corrected chi connectivity index (χ0v) is 17.7. The summed E-state index contributed by atoms with van der Waals surface area (Å²) in [6, 6.07) is 3.99. The van der Waals surface area contributed by atoms with Crippen LogP contribution in [0.15, 0.2) is 27.1 Å². The summed E-state index contributed by atoms with van der Waals surface area (Å²) in [4.78, 5) is 41.3. The topological polar surface area (TPSA) is 99.6 Å². The van der Waals surface area contributed by atoms with E-state index in [4.69, 9.17) is 10.5 Å². The van der Waals surface area contributed by atoms with Crippen LogP contribution >= 0.6 is 11.3 Å². The van der Waals surface area contributed by atoms with Crippen LogP contribution in [0.3, 0.4) is 0 Å². The molecule has 2 aromatic rings. The van der Waals surface area contributed by atoms with Gasteiger partial charge in [-0.1, -0.05) is 13.0 Å². The number of rotatable bonds is 9. The van der Waals surface area contributed by atoms with Crippen molar-refractivity contribution in [3.8, 4) is 0 Å². The number of hydrogen-bond donors (Lipinski definition) is 1. The van der Waals surface area contributed by atoms with E-state index in [1.54, 1.807) is 11.3 Å². The largest absolute Gasteiger partial charge is 0.384 e. The minimum Gasteiger partial charge on any atom is -0.384 e.